The smallest absolute Gasteiger partial charge is 0.239 e. The monoisotopic (exact) mass is 264 g/mol. The molecular formula is C15H24N2O2. The summed E-state index contributed by atoms with van der Waals surface area (Å²) >= 11 is 0. The molecule has 0 saturated heterocycles. The second kappa shape index (κ2) is 8.53. The van der Waals surface area contributed by atoms with Crippen molar-refractivity contribution in [3.05, 3.63) is 30.3 Å². The first-order chi connectivity index (χ1) is 9.22. The van der Waals surface area contributed by atoms with Crippen molar-refractivity contribution in [3.63, 3.8) is 0 Å². The number of aliphatic hydroxyl groups excluding tert-OH is 1. The standard InChI is InChI=1S/C15H24N2O2/c1-3-10-16-15(19)11-17(13(4-2)12-18)14-8-6-5-7-9-14/h5-9,13,18H,3-4,10-12H2,1-2H3,(H,16,19). The minimum absolute atomic E-state index is 0.00222. The Bertz CT molecular complexity index is 364. The van der Waals surface area contributed by atoms with Crippen LogP contribution in [0.5, 0.6) is 0 Å². The number of carbonyl (C=O) groups is 1. The Morgan fingerprint density at radius 1 is 1.32 bits per heavy atom. The minimum Gasteiger partial charge on any atom is -0.394 e. The molecule has 0 aliphatic rings. The molecule has 0 spiro atoms. The number of para-hydroxylation sites is 1. The Morgan fingerprint density at radius 2 is 2.00 bits per heavy atom. The van der Waals surface area contributed by atoms with Gasteiger partial charge in [-0.05, 0) is 25.0 Å². The van der Waals surface area contributed by atoms with Gasteiger partial charge in [0.1, 0.15) is 0 Å². The Hall–Kier alpha value is -1.55. The summed E-state index contributed by atoms with van der Waals surface area (Å²) in [7, 11) is 0. The van der Waals surface area contributed by atoms with Gasteiger partial charge in [0.25, 0.3) is 0 Å². The molecular weight excluding hydrogens is 240 g/mol. The maximum absolute atomic E-state index is 11.9. The van der Waals surface area contributed by atoms with Crippen LogP contribution in [0.1, 0.15) is 26.7 Å². The molecule has 1 aromatic rings. The van der Waals surface area contributed by atoms with E-state index in [0.717, 1.165) is 18.5 Å². The lowest BCUT2D eigenvalue weighted by Gasteiger charge is -2.31. The fourth-order valence-corrected chi connectivity index (χ4v) is 1.97. The van der Waals surface area contributed by atoms with E-state index in [2.05, 4.69) is 5.32 Å². The number of hydrogen-bond acceptors (Lipinski definition) is 3. The van der Waals surface area contributed by atoms with Crippen LogP contribution in [0.3, 0.4) is 0 Å². The predicted molar refractivity (Wildman–Crippen MR) is 78.3 cm³/mol. The molecule has 0 fully saturated rings. The molecule has 19 heavy (non-hydrogen) atoms. The Labute approximate surface area is 115 Å². The molecule has 0 radical (unpaired) electrons. The number of benzene rings is 1. The summed E-state index contributed by atoms with van der Waals surface area (Å²) in [5.74, 6) is -0.00222. The van der Waals surface area contributed by atoms with E-state index in [9.17, 15) is 9.90 Å². The maximum Gasteiger partial charge on any atom is 0.239 e. The molecule has 0 aliphatic heterocycles. The molecule has 1 amide bonds. The zero-order valence-corrected chi connectivity index (χ0v) is 11.8. The van der Waals surface area contributed by atoms with Crippen LogP contribution in [-0.2, 0) is 4.79 Å². The average molecular weight is 264 g/mol. The van der Waals surface area contributed by atoms with Crippen LogP contribution in [0.25, 0.3) is 0 Å². The Balaban J connectivity index is 2.78. The first-order valence-electron chi connectivity index (χ1n) is 6.92. The zero-order valence-electron chi connectivity index (χ0n) is 11.8. The molecule has 1 unspecified atom stereocenters. The first kappa shape index (κ1) is 15.5. The molecule has 4 heteroatoms. The van der Waals surface area contributed by atoms with Crippen molar-refractivity contribution in [1.82, 2.24) is 5.32 Å². The van der Waals surface area contributed by atoms with Gasteiger partial charge in [0, 0.05) is 12.2 Å². The van der Waals surface area contributed by atoms with E-state index < -0.39 is 0 Å². The fraction of sp³-hybridized carbons (Fsp3) is 0.533. The molecule has 0 bridgehead atoms. The number of rotatable bonds is 8. The summed E-state index contributed by atoms with van der Waals surface area (Å²) in [4.78, 5) is 13.9. The molecule has 2 N–H and O–H groups in total. The highest BCUT2D eigenvalue weighted by Crippen LogP contribution is 2.17. The number of nitrogens with zero attached hydrogens (tertiary/aromatic N) is 1. The van der Waals surface area contributed by atoms with Crippen LogP contribution in [-0.4, -0.2) is 36.8 Å². The van der Waals surface area contributed by atoms with Crippen LogP contribution >= 0.6 is 0 Å². The largest absolute Gasteiger partial charge is 0.394 e. The average Bonchev–Trinajstić information content (AvgIpc) is 2.46. The van der Waals surface area contributed by atoms with Crippen molar-refractivity contribution < 1.29 is 9.90 Å². The van der Waals surface area contributed by atoms with E-state index in [1.165, 1.54) is 0 Å². The van der Waals surface area contributed by atoms with Crippen molar-refractivity contribution in [3.8, 4) is 0 Å². The first-order valence-corrected chi connectivity index (χ1v) is 6.92. The van der Waals surface area contributed by atoms with Gasteiger partial charge in [-0.25, -0.2) is 0 Å². The summed E-state index contributed by atoms with van der Waals surface area (Å²) in [6.45, 7) is 5.06. The second-order valence-corrected chi connectivity index (χ2v) is 4.56. The predicted octanol–water partition coefficient (Wildman–Crippen LogP) is 1.79. The summed E-state index contributed by atoms with van der Waals surface area (Å²) in [6, 6.07) is 9.72. The van der Waals surface area contributed by atoms with Gasteiger partial charge in [-0.1, -0.05) is 32.0 Å². The van der Waals surface area contributed by atoms with Crippen molar-refractivity contribution in [2.24, 2.45) is 0 Å². The molecule has 1 aromatic carbocycles. The lowest BCUT2D eigenvalue weighted by molar-refractivity contribution is -0.119. The van der Waals surface area contributed by atoms with Gasteiger partial charge < -0.3 is 15.3 Å². The highest BCUT2D eigenvalue weighted by molar-refractivity contribution is 5.81. The van der Waals surface area contributed by atoms with E-state index in [1.54, 1.807) is 0 Å². The van der Waals surface area contributed by atoms with Gasteiger partial charge in [0.05, 0.1) is 19.2 Å². The van der Waals surface area contributed by atoms with E-state index in [1.807, 2.05) is 49.1 Å². The van der Waals surface area contributed by atoms with E-state index in [-0.39, 0.29) is 25.1 Å². The molecule has 0 saturated carbocycles. The number of hydrogen-bond donors (Lipinski definition) is 2. The zero-order chi connectivity index (χ0) is 14.1. The Kier molecular flexibility index (Phi) is 6.97. The summed E-state index contributed by atoms with van der Waals surface area (Å²) in [5.41, 5.74) is 0.968. The van der Waals surface area contributed by atoms with Gasteiger partial charge >= 0.3 is 0 Å². The topological polar surface area (TPSA) is 52.6 Å². The van der Waals surface area contributed by atoms with E-state index >= 15 is 0 Å². The van der Waals surface area contributed by atoms with Crippen LogP contribution in [0.4, 0.5) is 5.69 Å². The SMILES string of the molecule is CCCNC(=O)CN(c1ccccc1)C(CC)CO. The number of amides is 1. The van der Waals surface area contributed by atoms with Gasteiger partial charge in [-0.15, -0.1) is 0 Å². The summed E-state index contributed by atoms with van der Waals surface area (Å²) < 4.78 is 0. The van der Waals surface area contributed by atoms with Crippen molar-refractivity contribution in [1.29, 1.82) is 0 Å². The van der Waals surface area contributed by atoms with Gasteiger partial charge in [0.15, 0.2) is 0 Å². The highest BCUT2D eigenvalue weighted by atomic mass is 16.3. The molecule has 4 nitrogen and oxygen atoms in total. The number of anilines is 1. The van der Waals surface area contributed by atoms with Crippen molar-refractivity contribution >= 4 is 11.6 Å². The summed E-state index contributed by atoms with van der Waals surface area (Å²) in [6.07, 6.45) is 1.72. The summed E-state index contributed by atoms with van der Waals surface area (Å²) in [5, 5.41) is 12.3. The lowest BCUT2D eigenvalue weighted by atomic mass is 10.1. The molecule has 1 atom stereocenters. The number of carbonyl (C=O) groups excluding carboxylic acids is 1. The molecule has 0 aliphatic carbocycles. The molecule has 1 rings (SSSR count). The van der Waals surface area contributed by atoms with Crippen LogP contribution < -0.4 is 10.2 Å². The molecule has 0 aromatic heterocycles. The van der Waals surface area contributed by atoms with Crippen molar-refractivity contribution in [2.45, 2.75) is 32.7 Å². The quantitative estimate of drug-likeness (QED) is 0.752. The van der Waals surface area contributed by atoms with Crippen molar-refractivity contribution in [2.75, 3.05) is 24.6 Å². The lowest BCUT2D eigenvalue weighted by Crippen LogP contribution is -2.44. The third-order valence-electron chi connectivity index (χ3n) is 3.10. The normalized spacial score (nSPS) is 11.9. The van der Waals surface area contributed by atoms with Crippen LogP contribution in [0.2, 0.25) is 0 Å². The Morgan fingerprint density at radius 3 is 2.53 bits per heavy atom. The van der Waals surface area contributed by atoms with Gasteiger partial charge in [0.2, 0.25) is 5.91 Å². The van der Waals surface area contributed by atoms with E-state index in [4.69, 9.17) is 0 Å². The third-order valence-corrected chi connectivity index (χ3v) is 3.10. The maximum atomic E-state index is 11.9. The van der Waals surface area contributed by atoms with Gasteiger partial charge in [-0.2, -0.15) is 0 Å². The van der Waals surface area contributed by atoms with Crippen LogP contribution in [0, 0.1) is 0 Å². The second-order valence-electron chi connectivity index (χ2n) is 4.56. The highest BCUT2D eigenvalue weighted by Gasteiger charge is 2.19. The third kappa shape index (κ3) is 4.91. The number of nitrogens with one attached hydrogen (secondary N) is 1. The number of aliphatic hydroxyl groups is 1. The van der Waals surface area contributed by atoms with Crippen LogP contribution in [0.15, 0.2) is 30.3 Å². The fourth-order valence-electron chi connectivity index (χ4n) is 1.97. The molecule has 0 heterocycles. The minimum atomic E-state index is -0.0326. The van der Waals surface area contributed by atoms with E-state index in [0.29, 0.717) is 6.54 Å². The van der Waals surface area contributed by atoms with Gasteiger partial charge in [-0.3, -0.25) is 4.79 Å². The molecule has 106 valence electrons.